The van der Waals surface area contributed by atoms with Gasteiger partial charge in [-0.1, -0.05) is 6.07 Å². The molecule has 0 unspecified atom stereocenters. The Morgan fingerprint density at radius 2 is 2.07 bits per heavy atom. The molecule has 0 fully saturated rings. The quantitative estimate of drug-likeness (QED) is 0.822. The lowest BCUT2D eigenvalue weighted by molar-refractivity contribution is -0.128. The van der Waals surface area contributed by atoms with Gasteiger partial charge in [0.05, 0.1) is 4.47 Å². The first kappa shape index (κ1) is 11.2. The van der Waals surface area contributed by atoms with Gasteiger partial charge in [0.25, 0.3) is 6.43 Å². The van der Waals surface area contributed by atoms with Gasteiger partial charge in [0.15, 0.2) is 0 Å². The largest absolute Gasteiger partial charge is 0.296 e. The molecule has 0 atom stereocenters. The second kappa shape index (κ2) is 4.59. The third kappa shape index (κ3) is 2.83. The van der Waals surface area contributed by atoms with E-state index < -0.39 is 18.0 Å². The fourth-order valence-electron chi connectivity index (χ4n) is 0.928. The van der Waals surface area contributed by atoms with E-state index in [2.05, 4.69) is 15.9 Å². The van der Waals surface area contributed by atoms with Crippen LogP contribution in [-0.4, -0.2) is 12.2 Å². The molecule has 0 bridgehead atoms. The molecule has 0 N–H and O–H groups in total. The highest BCUT2D eigenvalue weighted by Gasteiger charge is 2.15. The van der Waals surface area contributed by atoms with E-state index in [9.17, 15) is 18.0 Å². The van der Waals surface area contributed by atoms with E-state index in [4.69, 9.17) is 0 Å². The molecule has 5 heteroatoms. The first-order valence-electron chi connectivity index (χ1n) is 3.75. The van der Waals surface area contributed by atoms with E-state index in [1.54, 1.807) is 0 Å². The number of hydrogen-bond acceptors (Lipinski definition) is 1. The van der Waals surface area contributed by atoms with Crippen LogP contribution in [0.25, 0.3) is 0 Å². The first-order valence-corrected chi connectivity index (χ1v) is 4.55. The highest BCUT2D eigenvalue weighted by atomic mass is 79.9. The molecule has 0 spiro atoms. The molecule has 1 nitrogen and oxygen atoms in total. The molecule has 0 aliphatic heterocycles. The molecular weight excluding hydrogens is 261 g/mol. The molecule has 1 aromatic carbocycles. The number of rotatable bonds is 3. The molecule has 0 heterocycles. The van der Waals surface area contributed by atoms with Crippen molar-refractivity contribution in [1.29, 1.82) is 0 Å². The van der Waals surface area contributed by atoms with Crippen molar-refractivity contribution in [2.24, 2.45) is 0 Å². The van der Waals surface area contributed by atoms with E-state index in [0.717, 1.165) is 6.07 Å². The van der Waals surface area contributed by atoms with Crippen molar-refractivity contribution in [3.8, 4) is 0 Å². The van der Waals surface area contributed by atoms with Crippen LogP contribution in [0.1, 0.15) is 5.56 Å². The van der Waals surface area contributed by atoms with Gasteiger partial charge in [0.2, 0.25) is 5.78 Å². The van der Waals surface area contributed by atoms with Gasteiger partial charge >= 0.3 is 0 Å². The lowest BCUT2D eigenvalue weighted by Crippen LogP contribution is -2.12. The van der Waals surface area contributed by atoms with Crippen LogP contribution >= 0.6 is 15.9 Å². The van der Waals surface area contributed by atoms with Gasteiger partial charge in [-0.25, -0.2) is 13.2 Å². The van der Waals surface area contributed by atoms with Crippen molar-refractivity contribution < 1.29 is 18.0 Å². The van der Waals surface area contributed by atoms with Gasteiger partial charge in [0, 0.05) is 6.42 Å². The smallest absolute Gasteiger partial charge is 0.293 e. The molecule has 0 aliphatic carbocycles. The Bertz CT molecular complexity index is 352. The summed E-state index contributed by atoms with van der Waals surface area (Å²) in [6, 6.07) is 3.74. The zero-order chi connectivity index (χ0) is 10.7. The van der Waals surface area contributed by atoms with Crippen molar-refractivity contribution in [3.05, 3.63) is 34.1 Å². The number of Topliss-reactive ketones (excluding diaryl/α,β-unsaturated/α-hetero) is 1. The summed E-state index contributed by atoms with van der Waals surface area (Å²) in [7, 11) is 0. The van der Waals surface area contributed by atoms with E-state index in [1.165, 1.54) is 12.1 Å². The summed E-state index contributed by atoms with van der Waals surface area (Å²) in [6.07, 6.45) is -3.35. The minimum Gasteiger partial charge on any atom is -0.293 e. The minimum absolute atomic E-state index is 0.164. The third-order valence-corrected chi connectivity index (χ3v) is 2.21. The lowest BCUT2D eigenvalue weighted by atomic mass is 10.1. The summed E-state index contributed by atoms with van der Waals surface area (Å²) < 4.78 is 36.6. The maximum absolute atomic E-state index is 12.7. The van der Waals surface area contributed by atoms with Crippen molar-refractivity contribution in [2.75, 3.05) is 0 Å². The second-order valence-electron chi connectivity index (χ2n) is 2.69. The van der Waals surface area contributed by atoms with Gasteiger partial charge in [-0.05, 0) is 33.6 Å². The molecule has 14 heavy (non-hydrogen) atoms. The summed E-state index contributed by atoms with van der Waals surface area (Å²) in [5.74, 6) is -1.65. The highest BCUT2D eigenvalue weighted by molar-refractivity contribution is 9.10. The molecule has 0 radical (unpaired) electrons. The van der Waals surface area contributed by atoms with E-state index in [0.29, 0.717) is 5.56 Å². The van der Waals surface area contributed by atoms with Gasteiger partial charge in [-0.2, -0.15) is 0 Å². The Labute approximate surface area is 87.1 Å². The van der Waals surface area contributed by atoms with Crippen LogP contribution < -0.4 is 0 Å². The third-order valence-electron chi connectivity index (χ3n) is 1.61. The molecule has 0 aromatic heterocycles. The molecule has 0 saturated carbocycles. The Kier molecular flexibility index (Phi) is 3.69. The van der Waals surface area contributed by atoms with Crippen LogP contribution in [0.3, 0.4) is 0 Å². The molecule has 1 aromatic rings. The molecule has 0 saturated heterocycles. The van der Waals surface area contributed by atoms with Crippen LogP contribution in [0.5, 0.6) is 0 Å². The van der Waals surface area contributed by atoms with Gasteiger partial charge in [-0.15, -0.1) is 0 Å². The normalized spacial score (nSPS) is 10.6. The average molecular weight is 267 g/mol. The number of ketones is 1. The predicted octanol–water partition coefficient (Wildman–Crippen LogP) is 2.96. The summed E-state index contributed by atoms with van der Waals surface area (Å²) >= 11 is 2.90. The van der Waals surface area contributed by atoms with Crippen molar-refractivity contribution in [3.63, 3.8) is 0 Å². The fraction of sp³-hybridized carbons (Fsp3) is 0.222. The summed E-state index contributed by atoms with van der Waals surface area (Å²) in [4.78, 5) is 10.6. The topological polar surface area (TPSA) is 17.1 Å². The van der Waals surface area contributed by atoms with Gasteiger partial charge < -0.3 is 0 Å². The number of halogens is 4. The Morgan fingerprint density at radius 3 is 2.57 bits per heavy atom. The highest BCUT2D eigenvalue weighted by Crippen LogP contribution is 2.17. The monoisotopic (exact) mass is 266 g/mol. The number of benzene rings is 1. The van der Waals surface area contributed by atoms with Crippen molar-refractivity contribution >= 4 is 21.7 Å². The van der Waals surface area contributed by atoms with Crippen LogP contribution in [0.4, 0.5) is 13.2 Å². The summed E-state index contributed by atoms with van der Waals surface area (Å²) in [5.41, 5.74) is 0.364. The molecular formula is C9H6BrF3O. The molecule has 0 aliphatic rings. The zero-order valence-corrected chi connectivity index (χ0v) is 8.52. The van der Waals surface area contributed by atoms with Crippen molar-refractivity contribution in [1.82, 2.24) is 0 Å². The standard InChI is InChI=1S/C9H6BrF3O/c10-6-3-5(1-2-7(6)11)4-8(14)9(12)13/h1-3,9H,4H2. The number of carbonyl (C=O) groups is 1. The molecule has 1 rings (SSSR count). The SMILES string of the molecule is O=C(Cc1ccc(F)c(Br)c1)C(F)F. The number of alkyl halides is 2. The van der Waals surface area contributed by atoms with Crippen LogP contribution in [0.2, 0.25) is 0 Å². The minimum atomic E-state index is -2.97. The zero-order valence-electron chi connectivity index (χ0n) is 6.94. The maximum atomic E-state index is 12.7. The molecule has 0 amide bonds. The van der Waals surface area contributed by atoms with E-state index in [1.807, 2.05) is 0 Å². The molecule has 76 valence electrons. The average Bonchev–Trinajstić information content (AvgIpc) is 2.11. The van der Waals surface area contributed by atoms with E-state index in [-0.39, 0.29) is 10.9 Å². The Morgan fingerprint density at radius 1 is 1.43 bits per heavy atom. The van der Waals surface area contributed by atoms with Crippen molar-refractivity contribution in [2.45, 2.75) is 12.8 Å². The van der Waals surface area contributed by atoms with Crippen LogP contribution in [0, 0.1) is 5.82 Å². The maximum Gasteiger partial charge on any atom is 0.296 e. The first-order chi connectivity index (χ1) is 6.50. The Balaban J connectivity index is 2.78. The fourth-order valence-corrected chi connectivity index (χ4v) is 1.35. The number of carbonyl (C=O) groups excluding carboxylic acids is 1. The predicted molar refractivity (Wildman–Crippen MR) is 48.8 cm³/mol. The van der Waals surface area contributed by atoms with E-state index >= 15 is 0 Å². The second-order valence-corrected chi connectivity index (χ2v) is 3.55. The Hall–Kier alpha value is -0.840. The van der Waals surface area contributed by atoms with Crippen LogP contribution in [-0.2, 0) is 11.2 Å². The summed E-state index contributed by atoms with van der Waals surface area (Å²) in [5, 5.41) is 0. The summed E-state index contributed by atoms with van der Waals surface area (Å²) in [6.45, 7) is 0. The van der Waals surface area contributed by atoms with Gasteiger partial charge in [-0.3, -0.25) is 4.79 Å². The lowest BCUT2D eigenvalue weighted by Gasteiger charge is -2.01. The number of hydrogen-bond donors (Lipinski definition) is 0. The van der Waals surface area contributed by atoms with Crippen LogP contribution in [0.15, 0.2) is 22.7 Å². The van der Waals surface area contributed by atoms with Gasteiger partial charge in [0.1, 0.15) is 5.82 Å².